The second-order valence-corrected chi connectivity index (χ2v) is 9.22. The van der Waals surface area contributed by atoms with Gasteiger partial charge in [0.25, 0.3) is 5.91 Å². The Kier molecular flexibility index (Phi) is 6.80. The topological polar surface area (TPSA) is 50.8 Å². The minimum Gasteiger partial charge on any atom is -0.381 e. The van der Waals surface area contributed by atoms with Gasteiger partial charge in [-0.25, -0.2) is 0 Å². The van der Waals surface area contributed by atoms with Crippen molar-refractivity contribution in [2.24, 2.45) is 5.92 Å². The van der Waals surface area contributed by atoms with Crippen LogP contribution in [0.4, 0.5) is 0 Å². The van der Waals surface area contributed by atoms with E-state index in [1.807, 2.05) is 24.3 Å². The van der Waals surface area contributed by atoms with Gasteiger partial charge in [0.2, 0.25) is 0 Å². The van der Waals surface area contributed by atoms with Crippen LogP contribution in [0.3, 0.4) is 0 Å². The number of halogens is 1. The van der Waals surface area contributed by atoms with Crippen LogP contribution in [-0.4, -0.2) is 62.9 Å². The lowest BCUT2D eigenvalue weighted by atomic mass is 9.97. The van der Waals surface area contributed by atoms with Gasteiger partial charge in [-0.2, -0.15) is 0 Å². The maximum Gasteiger partial charge on any atom is 0.261 e. The lowest BCUT2D eigenvalue weighted by Crippen LogP contribution is -2.52. The molecule has 3 heterocycles. The van der Waals surface area contributed by atoms with Gasteiger partial charge >= 0.3 is 0 Å². The van der Waals surface area contributed by atoms with Gasteiger partial charge < -0.3 is 14.8 Å². The Morgan fingerprint density at radius 1 is 1.14 bits per heavy atom. The van der Waals surface area contributed by atoms with E-state index >= 15 is 0 Å². The van der Waals surface area contributed by atoms with Gasteiger partial charge in [0.15, 0.2) is 0 Å². The van der Waals surface area contributed by atoms with Gasteiger partial charge in [-0.05, 0) is 36.2 Å². The maximum absolute atomic E-state index is 12.8. The summed E-state index contributed by atoms with van der Waals surface area (Å²) in [4.78, 5) is 17.1. The molecule has 0 aliphatic carbocycles. The average Bonchev–Trinajstić information content (AvgIpc) is 3.42. The first kappa shape index (κ1) is 20.0. The second-order valence-electron chi connectivity index (χ2n) is 7.22. The molecule has 2 fully saturated rings. The monoisotopic (exact) mass is 464 g/mol. The molecule has 5 nitrogen and oxygen atoms in total. The molecule has 0 saturated carbocycles. The number of amides is 1. The molecule has 0 radical (unpaired) electrons. The van der Waals surface area contributed by atoms with Crippen molar-refractivity contribution in [2.75, 3.05) is 46.1 Å². The summed E-state index contributed by atoms with van der Waals surface area (Å²) >= 11 is 4.99. The van der Waals surface area contributed by atoms with Crippen LogP contribution < -0.4 is 5.32 Å². The van der Waals surface area contributed by atoms with E-state index in [1.54, 1.807) is 0 Å². The molecule has 0 bridgehead atoms. The summed E-state index contributed by atoms with van der Waals surface area (Å²) in [5.74, 6) is 0.477. The fourth-order valence-electron chi connectivity index (χ4n) is 3.87. The number of benzene rings is 1. The number of nitrogens with one attached hydrogen (secondary N) is 1. The van der Waals surface area contributed by atoms with Crippen molar-refractivity contribution in [3.05, 3.63) is 45.7 Å². The minimum atomic E-state index is 0.00513. The van der Waals surface area contributed by atoms with Gasteiger partial charge in [0.1, 0.15) is 0 Å². The molecule has 4 rings (SSSR count). The molecule has 2 aromatic rings. The van der Waals surface area contributed by atoms with Crippen molar-refractivity contribution < 1.29 is 14.3 Å². The van der Waals surface area contributed by atoms with Crippen molar-refractivity contribution in [1.82, 2.24) is 10.2 Å². The fraction of sp³-hybridized carbons (Fsp3) is 0.476. The zero-order valence-electron chi connectivity index (χ0n) is 15.7. The molecule has 2 aliphatic heterocycles. The highest BCUT2D eigenvalue weighted by molar-refractivity contribution is 9.10. The van der Waals surface area contributed by atoms with Gasteiger partial charge in [0, 0.05) is 47.6 Å². The first-order valence-corrected chi connectivity index (χ1v) is 11.3. The molecule has 1 aromatic carbocycles. The van der Waals surface area contributed by atoms with Crippen LogP contribution in [0.2, 0.25) is 0 Å². The Morgan fingerprint density at radius 3 is 2.64 bits per heavy atom. The molecule has 2 unspecified atom stereocenters. The lowest BCUT2D eigenvalue weighted by Gasteiger charge is -2.37. The van der Waals surface area contributed by atoms with Gasteiger partial charge in [-0.15, -0.1) is 11.3 Å². The normalized spacial score (nSPS) is 21.5. The molecule has 2 saturated heterocycles. The Bertz CT molecular complexity index is 783. The van der Waals surface area contributed by atoms with Crippen molar-refractivity contribution in [3.8, 4) is 10.4 Å². The smallest absolute Gasteiger partial charge is 0.261 e. The van der Waals surface area contributed by atoms with E-state index in [1.165, 1.54) is 11.3 Å². The molecular formula is C21H25BrN2O3S. The van der Waals surface area contributed by atoms with Gasteiger partial charge in [-0.1, -0.05) is 28.1 Å². The van der Waals surface area contributed by atoms with Crippen molar-refractivity contribution in [1.29, 1.82) is 0 Å². The van der Waals surface area contributed by atoms with Crippen molar-refractivity contribution >= 4 is 33.2 Å². The minimum absolute atomic E-state index is 0.00513. The van der Waals surface area contributed by atoms with E-state index in [9.17, 15) is 4.79 Å². The number of hydrogen-bond donors (Lipinski definition) is 1. The first-order valence-electron chi connectivity index (χ1n) is 9.74. The summed E-state index contributed by atoms with van der Waals surface area (Å²) in [6.07, 6.45) is 1.06. The van der Waals surface area contributed by atoms with Gasteiger partial charge in [0.05, 0.1) is 24.7 Å². The van der Waals surface area contributed by atoms with Crippen LogP contribution in [0.25, 0.3) is 10.4 Å². The molecule has 7 heteroatoms. The molecule has 150 valence electrons. The quantitative estimate of drug-likeness (QED) is 0.708. The third-order valence-corrected chi connectivity index (χ3v) is 7.12. The Balaban J connectivity index is 1.39. The fourth-order valence-corrected chi connectivity index (χ4v) is 5.07. The molecule has 2 atom stereocenters. The maximum atomic E-state index is 12.8. The highest BCUT2D eigenvalue weighted by Gasteiger charge is 2.31. The number of carbonyl (C=O) groups is 1. The highest BCUT2D eigenvalue weighted by atomic mass is 79.9. The van der Waals surface area contributed by atoms with Crippen LogP contribution in [0.15, 0.2) is 40.9 Å². The standard InChI is InChI=1S/C21H25BrN2O3S/c22-17-3-1-15(2-4-17)19-5-6-20(28-19)21(25)23-13-18(16-7-10-27-14-16)24-8-11-26-12-9-24/h1-6,16,18H,7-14H2,(H,23,25). The van der Waals surface area contributed by atoms with E-state index in [4.69, 9.17) is 9.47 Å². The summed E-state index contributed by atoms with van der Waals surface area (Å²) < 4.78 is 12.2. The number of rotatable bonds is 6. The highest BCUT2D eigenvalue weighted by Crippen LogP contribution is 2.29. The average molecular weight is 465 g/mol. The largest absolute Gasteiger partial charge is 0.381 e. The Labute approximate surface area is 178 Å². The molecule has 28 heavy (non-hydrogen) atoms. The molecule has 1 N–H and O–H groups in total. The van der Waals surface area contributed by atoms with Crippen LogP contribution in [0.1, 0.15) is 16.1 Å². The number of ether oxygens (including phenoxy) is 2. The third kappa shape index (κ3) is 4.83. The summed E-state index contributed by atoms with van der Waals surface area (Å²) in [6.45, 7) is 5.62. The van der Waals surface area contributed by atoms with Crippen LogP contribution >= 0.6 is 27.3 Å². The summed E-state index contributed by atoms with van der Waals surface area (Å²) in [5.41, 5.74) is 1.13. The van der Waals surface area contributed by atoms with Crippen LogP contribution in [0, 0.1) is 5.92 Å². The van der Waals surface area contributed by atoms with E-state index in [0.717, 1.165) is 65.7 Å². The Morgan fingerprint density at radius 2 is 1.93 bits per heavy atom. The SMILES string of the molecule is O=C(NCC(C1CCOC1)N1CCOCC1)c1ccc(-c2ccc(Br)cc2)s1. The number of carbonyl (C=O) groups excluding carboxylic acids is 1. The third-order valence-electron chi connectivity index (χ3n) is 5.45. The van der Waals surface area contributed by atoms with Crippen molar-refractivity contribution in [2.45, 2.75) is 12.5 Å². The number of hydrogen-bond acceptors (Lipinski definition) is 5. The molecule has 1 aromatic heterocycles. The predicted octanol–water partition coefficient (Wildman–Crippen LogP) is 3.64. The van der Waals surface area contributed by atoms with Crippen LogP contribution in [-0.2, 0) is 9.47 Å². The number of nitrogens with zero attached hydrogens (tertiary/aromatic N) is 1. The molecule has 0 spiro atoms. The summed E-state index contributed by atoms with van der Waals surface area (Å²) in [7, 11) is 0. The number of morpholine rings is 1. The molecule has 1 amide bonds. The zero-order valence-corrected chi connectivity index (χ0v) is 18.1. The number of thiophene rings is 1. The summed E-state index contributed by atoms with van der Waals surface area (Å²) in [6, 6.07) is 12.4. The summed E-state index contributed by atoms with van der Waals surface area (Å²) in [5, 5.41) is 3.17. The van der Waals surface area contributed by atoms with E-state index in [2.05, 4.69) is 38.3 Å². The zero-order chi connectivity index (χ0) is 19.3. The van der Waals surface area contributed by atoms with Crippen molar-refractivity contribution in [3.63, 3.8) is 0 Å². The predicted molar refractivity (Wildman–Crippen MR) is 115 cm³/mol. The molecule has 2 aliphatic rings. The lowest BCUT2D eigenvalue weighted by molar-refractivity contribution is 0.00167. The molecular weight excluding hydrogens is 440 g/mol. The Hall–Kier alpha value is -1.25. The van der Waals surface area contributed by atoms with E-state index < -0.39 is 0 Å². The van der Waals surface area contributed by atoms with E-state index in [-0.39, 0.29) is 5.91 Å². The van der Waals surface area contributed by atoms with E-state index in [0.29, 0.717) is 18.5 Å². The van der Waals surface area contributed by atoms with Crippen LogP contribution in [0.5, 0.6) is 0 Å². The second kappa shape index (κ2) is 9.50. The van der Waals surface area contributed by atoms with Gasteiger partial charge in [-0.3, -0.25) is 9.69 Å². The first-order chi connectivity index (χ1) is 13.7.